The van der Waals surface area contributed by atoms with Crippen molar-refractivity contribution in [1.82, 2.24) is 5.32 Å². The summed E-state index contributed by atoms with van der Waals surface area (Å²) in [6.07, 6.45) is 0. The Kier molecular flexibility index (Phi) is 3.48. The smallest absolute Gasteiger partial charge is 0.217 e. The molecule has 2 nitrogen and oxygen atoms in total. The Bertz CT molecular complexity index is 312. The van der Waals surface area contributed by atoms with Gasteiger partial charge in [0.05, 0.1) is 6.04 Å². The van der Waals surface area contributed by atoms with E-state index in [2.05, 4.69) is 21.2 Å². The summed E-state index contributed by atoms with van der Waals surface area (Å²) >= 11 is 3.38. The maximum Gasteiger partial charge on any atom is 0.217 e. The van der Waals surface area contributed by atoms with Gasteiger partial charge in [0.15, 0.2) is 0 Å². The van der Waals surface area contributed by atoms with Crippen molar-refractivity contribution in [2.24, 2.45) is 0 Å². The molecule has 70 valence electrons. The van der Waals surface area contributed by atoms with Crippen molar-refractivity contribution in [2.45, 2.75) is 19.9 Å². The van der Waals surface area contributed by atoms with Crippen LogP contribution in [0.25, 0.3) is 0 Å². The fourth-order valence-electron chi connectivity index (χ4n) is 1.16. The first-order valence-electron chi connectivity index (χ1n) is 4.12. The van der Waals surface area contributed by atoms with Crippen LogP contribution < -0.4 is 5.32 Å². The molecular formula is C10H12BrNO. The second kappa shape index (κ2) is 4.42. The zero-order chi connectivity index (χ0) is 9.84. The zero-order valence-corrected chi connectivity index (χ0v) is 9.26. The van der Waals surface area contributed by atoms with Crippen LogP contribution in [0.4, 0.5) is 0 Å². The van der Waals surface area contributed by atoms with E-state index in [1.54, 1.807) is 0 Å². The summed E-state index contributed by atoms with van der Waals surface area (Å²) in [7, 11) is 0. The highest BCUT2D eigenvalue weighted by Crippen LogP contribution is 2.17. The van der Waals surface area contributed by atoms with Crippen LogP contribution >= 0.6 is 15.9 Å². The number of halogens is 1. The summed E-state index contributed by atoms with van der Waals surface area (Å²) in [6.45, 7) is 3.48. The molecule has 1 aromatic carbocycles. The summed E-state index contributed by atoms with van der Waals surface area (Å²) in [5.41, 5.74) is 1.10. The molecule has 13 heavy (non-hydrogen) atoms. The van der Waals surface area contributed by atoms with Crippen LogP contribution in [0.2, 0.25) is 0 Å². The van der Waals surface area contributed by atoms with Crippen molar-refractivity contribution in [3.05, 3.63) is 34.3 Å². The number of carbonyl (C=O) groups excluding carboxylic acids is 1. The summed E-state index contributed by atoms with van der Waals surface area (Å²) in [5, 5.41) is 2.83. The highest BCUT2D eigenvalue weighted by atomic mass is 79.9. The predicted octanol–water partition coefficient (Wildman–Crippen LogP) is 2.65. The van der Waals surface area contributed by atoms with E-state index in [0.717, 1.165) is 10.0 Å². The Labute approximate surface area is 86.5 Å². The Morgan fingerprint density at radius 1 is 1.54 bits per heavy atom. The number of nitrogens with one attached hydrogen (secondary N) is 1. The van der Waals surface area contributed by atoms with Gasteiger partial charge in [-0.2, -0.15) is 0 Å². The molecule has 0 aliphatic carbocycles. The molecule has 1 aromatic rings. The number of carbonyl (C=O) groups is 1. The lowest BCUT2D eigenvalue weighted by atomic mass is 10.1. The molecular weight excluding hydrogens is 230 g/mol. The zero-order valence-electron chi connectivity index (χ0n) is 7.67. The minimum Gasteiger partial charge on any atom is -0.350 e. The quantitative estimate of drug-likeness (QED) is 0.848. The van der Waals surface area contributed by atoms with Crippen molar-refractivity contribution in [1.29, 1.82) is 0 Å². The van der Waals surface area contributed by atoms with E-state index in [9.17, 15) is 4.79 Å². The van der Waals surface area contributed by atoms with Crippen molar-refractivity contribution in [3.63, 3.8) is 0 Å². The van der Waals surface area contributed by atoms with Crippen molar-refractivity contribution in [2.75, 3.05) is 0 Å². The first-order chi connectivity index (χ1) is 6.09. The van der Waals surface area contributed by atoms with Crippen LogP contribution in [-0.2, 0) is 4.79 Å². The first kappa shape index (κ1) is 10.3. The van der Waals surface area contributed by atoms with E-state index < -0.39 is 0 Å². The largest absolute Gasteiger partial charge is 0.350 e. The lowest BCUT2D eigenvalue weighted by Gasteiger charge is -2.12. The SMILES string of the molecule is CC(=O)N[C@@H](C)c1cccc(Br)c1. The van der Waals surface area contributed by atoms with Crippen LogP contribution in [0.1, 0.15) is 25.5 Å². The van der Waals surface area contributed by atoms with Gasteiger partial charge in [0.25, 0.3) is 0 Å². The van der Waals surface area contributed by atoms with Gasteiger partial charge in [0, 0.05) is 11.4 Å². The number of hydrogen-bond donors (Lipinski definition) is 1. The molecule has 0 unspecified atom stereocenters. The van der Waals surface area contributed by atoms with Crippen LogP contribution in [0.15, 0.2) is 28.7 Å². The van der Waals surface area contributed by atoms with Crippen molar-refractivity contribution < 1.29 is 4.79 Å². The van der Waals surface area contributed by atoms with Gasteiger partial charge in [-0.3, -0.25) is 4.79 Å². The molecule has 0 bridgehead atoms. The molecule has 1 atom stereocenters. The molecule has 1 N–H and O–H groups in total. The lowest BCUT2D eigenvalue weighted by Crippen LogP contribution is -2.23. The predicted molar refractivity (Wildman–Crippen MR) is 56.4 cm³/mol. The molecule has 0 aromatic heterocycles. The molecule has 0 heterocycles. The Balaban J connectivity index is 2.76. The molecule has 0 fully saturated rings. The minimum absolute atomic E-state index is 0.00697. The monoisotopic (exact) mass is 241 g/mol. The number of hydrogen-bond acceptors (Lipinski definition) is 1. The van der Waals surface area contributed by atoms with Gasteiger partial charge >= 0.3 is 0 Å². The van der Waals surface area contributed by atoms with Crippen molar-refractivity contribution >= 4 is 21.8 Å². The summed E-state index contributed by atoms with van der Waals surface area (Å²) in [4.78, 5) is 10.8. The Morgan fingerprint density at radius 2 is 2.23 bits per heavy atom. The maximum absolute atomic E-state index is 10.8. The van der Waals surface area contributed by atoms with Crippen molar-refractivity contribution in [3.8, 4) is 0 Å². The third-order valence-electron chi connectivity index (χ3n) is 1.77. The molecule has 0 aliphatic heterocycles. The van der Waals surface area contributed by atoms with E-state index in [1.165, 1.54) is 6.92 Å². The van der Waals surface area contributed by atoms with Gasteiger partial charge in [-0.25, -0.2) is 0 Å². The van der Waals surface area contributed by atoms with Gasteiger partial charge in [-0.05, 0) is 24.6 Å². The standard InChI is InChI=1S/C10H12BrNO/c1-7(12-8(2)13)9-4-3-5-10(11)6-9/h3-7H,1-2H3,(H,12,13)/t7-/m0/s1. The van der Waals surface area contributed by atoms with Crippen LogP contribution in [-0.4, -0.2) is 5.91 Å². The minimum atomic E-state index is -0.00697. The molecule has 1 rings (SSSR count). The normalized spacial score (nSPS) is 12.2. The maximum atomic E-state index is 10.8. The van der Waals surface area contributed by atoms with E-state index in [4.69, 9.17) is 0 Å². The Hall–Kier alpha value is -0.830. The third-order valence-corrected chi connectivity index (χ3v) is 2.26. The van der Waals surface area contributed by atoms with Gasteiger partial charge in [-0.1, -0.05) is 28.1 Å². The fraction of sp³-hybridized carbons (Fsp3) is 0.300. The van der Waals surface area contributed by atoms with Crippen LogP contribution in [0, 0.1) is 0 Å². The summed E-state index contributed by atoms with van der Waals surface area (Å²) < 4.78 is 1.03. The average molecular weight is 242 g/mol. The van der Waals surface area contributed by atoms with Crippen LogP contribution in [0.3, 0.4) is 0 Å². The second-order valence-corrected chi connectivity index (χ2v) is 3.89. The fourth-order valence-corrected chi connectivity index (χ4v) is 1.58. The Morgan fingerprint density at radius 3 is 2.77 bits per heavy atom. The molecule has 0 saturated carbocycles. The molecule has 1 amide bonds. The molecule has 0 radical (unpaired) electrons. The van der Waals surface area contributed by atoms with E-state index in [1.807, 2.05) is 31.2 Å². The number of rotatable bonds is 2. The van der Waals surface area contributed by atoms with Crippen LogP contribution in [0.5, 0.6) is 0 Å². The summed E-state index contributed by atoms with van der Waals surface area (Å²) in [5.74, 6) is -0.00697. The topological polar surface area (TPSA) is 29.1 Å². The second-order valence-electron chi connectivity index (χ2n) is 2.98. The molecule has 0 aliphatic rings. The highest BCUT2D eigenvalue weighted by molar-refractivity contribution is 9.10. The van der Waals surface area contributed by atoms with E-state index in [0.29, 0.717) is 0 Å². The highest BCUT2D eigenvalue weighted by Gasteiger charge is 2.05. The summed E-state index contributed by atoms with van der Waals surface area (Å²) in [6, 6.07) is 7.98. The van der Waals surface area contributed by atoms with Gasteiger partial charge in [-0.15, -0.1) is 0 Å². The first-order valence-corrected chi connectivity index (χ1v) is 4.91. The van der Waals surface area contributed by atoms with Gasteiger partial charge in [0.2, 0.25) is 5.91 Å². The van der Waals surface area contributed by atoms with E-state index in [-0.39, 0.29) is 11.9 Å². The third kappa shape index (κ3) is 3.19. The number of amides is 1. The molecule has 0 spiro atoms. The lowest BCUT2D eigenvalue weighted by molar-refractivity contribution is -0.119. The molecule has 0 saturated heterocycles. The van der Waals surface area contributed by atoms with Gasteiger partial charge < -0.3 is 5.32 Å². The molecule has 3 heteroatoms. The number of benzene rings is 1. The van der Waals surface area contributed by atoms with Gasteiger partial charge in [0.1, 0.15) is 0 Å². The van der Waals surface area contributed by atoms with E-state index >= 15 is 0 Å². The average Bonchev–Trinajstić information content (AvgIpc) is 2.03.